The molecule has 0 bridgehead atoms. The molecule has 4 heterocycles. The lowest BCUT2D eigenvalue weighted by Crippen LogP contribution is -2.41. The second-order valence-corrected chi connectivity index (χ2v) is 13.9. The topological polar surface area (TPSA) is 94.5 Å². The van der Waals surface area contributed by atoms with E-state index in [1.54, 1.807) is 4.68 Å². The molecule has 0 aliphatic carbocycles. The molecule has 4 aromatic rings. The van der Waals surface area contributed by atoms with Crippen LogP contribution in [-0.4, -0.2) is 69.6 Å². The Morgan fingerprint density at radius 3 is 2.51 bits per heavy atom. The SMILES string of the molecule is CS(=O)(=O)N1CCc2c(c(-c3ccc(C(F)(F)F)cc3)nn2CCC(O)N2CCC(c3c[nH]c4cc(Cl)ccc34)CC2)C1. The first-order valence-corrected chi connectivity index (χ1v) is 16.5. The van der Waals surface area contributed by atoms with Crippen molar-refractivity contribution in [2.24, 2.45) is 0 Å². The predicted molar refractivity (Wildman–Crippen MR) is 159 cm³/mol. The number of aryl methyl sites for hydroxylation is 1. The summed E-state index contributed by atoms with van der Waals surface area (Å²) in [5.41, 5.74) is 4.01. The summed E-state index contributed by atoms with van der Waals surface area (Å²) in [7, 11) is -3.47. The van der Waals surface area contributed by atoms with Crippen LogP contribution in [0, 0.1) is 0 Å². The lowest BCUT2D eigenvalue weighted by atomic mass is 9.89. The Bertz CT molecular complexity index is 1730. The van der Waals surface area contributed by atoms with E-state index in [9.17, 15) is 26.7 Å². The van der Waals surface area contributed by atoms with Crippen molar-refractivity contribution in [3.05, 3.63) is 76.1 Å². The van der Waals surface area contributed by atoms with Gasteiger partial charge in [0.2, 0.25) is 10.0 Å². The molecule has 1 fully saturated rings. The van der Waals surface area contributed by atoms with Gasteiger partial charge in [-0.05, 0) is 48.6 Å². The molecule has 0 saturated carbocycles. The Hall–Kier alpha value is -2.90. The number of hydrogen-bond acceptors (Lipinski definition) is 5. The van der Waals surface area contributed by atoms with Crippen LogP contribution < -0.4 is 0 Å². The molecular weight excluding hydrogens is 603 g/mol. The van der Waals surface area contributed by atoms with E-state index in [-0.39, 0.29) is 6.54 Å². The van der Waals surface area contributed by atoms with E-state index in [2.05, 4.69) is 16.1 Å². The number of piperidine rings is 1. The number of nitrogens with zero attached hydrogens (tertiary/aromatic N) is 4. The fraction of sp³-hybridized carbons (Fsp3) is 0.433. The summed E-state index contributed by atoms with van der Waals surface area (Å²) in [4.78, 5) is 5.38. The summed E-state index contributed by atoms with van der Waals surface area (Å²) < 4.78 is 67.2. The molecule has 1 saturated heterocycles. The third-order valence-corrected chi connectivity index (χ3v) is 10.2. The number of aromatic nitrogens is 3. The zero-order chi connectivity index (χ0) is 30.5. The van der Waals surface area contributed by atoms with Crippen molar-refractivity contribution in [3.8, 4) is 11.3 Å². The van der Waals surface area contributed by atoms with E-state index in [0.717, 1.165) is 55.5 Å². The minimum atomic E-state index is -4.46. The normalized spacial score (nSPS) is 18.3. The average molecular weight is 636 g/mol. The molecule has 13 heteroatoms. The minimum absolute atomic E-state index is 0.0978. The van der Waals surface area contributed by atoms with E-state index < -0.39 is 28.0 Å². The number of aliphatic hydroxyl groups is 1. The minimum Gasteiger partial charge on any atom is -0.378 e. The first-order valence-electron chi connectivity index (χ1n) is 14.3. The van der Waals surface area contributed by atoms with E-state index in [4.69, 9.17) is 16.7 Å². The number of aliphatic hydroxyl groups excluding tert-OH is 1. The molecule has 6 rings (SSSR count). The highest BCUT2D eigenvalue weighted by Crippen LogP contribution is 2.36. The van der Waals surface area contributed by atoms with Gasteiger partial charge in [0.1, 0.15) is 6.23 Å². The quantitative estimate of drug-likeness (QED) is 0.275. The molecule has 2 aromatic carbocycles. The van der Waals surface area contributed by atoms with Crippen molar-refractivity contribution in [1.29, 1.82) is 0 Å². The average Bonchev–Trinajstić information content (AvgIpc) is 3.56. The number of aromatic amines is 1. The lowest BCUT2D eigenvalue weighted by Gasteiger charge is -2.35. The zero-order valence-electron chi connectivity index (χ0n) is 23.6. The van der Waals surface area contributed by atoms with E-state index in [1.807, 2.05) is 18.2 Å². The summed E-state index contributed by atoms with van der Waals surface area (Å²) >= 11 is 6.13. The van der Waals surface area contributed by atoms with Crippen LogP contribution in [0.1, 0.15) is 47.6 Å². The van der Waals surface area contributed by atoms with Gasteiger partial charge in [-0.1, -0.05) is 29.8 Å². The van der Waals surface area contributed by atoms with Crippen LogP contribution >= 0.6 is 11.6 Å². The standard InChI is InChI=1S/C30H33ClF3N5O3S/c1-43(41,42)38-14-10-27-25(18-38)29(20-2-4-21(5-3-20)30(32,33)34)36-39(27)15-11-28(40)37-12-8-19(9-13-37)24-17-35-26-16-22(31)6-7-23(24)26/h2-7,16-17,19,28,35,40H,8-15,18H2,1H3. The molecule has 230 valence electrons. The molecule has 0 amide bonds. The molecule has 8 nitrogen and oxygen atoms in total. The predicted octanol–water partition coefficient (Wildman–Crippen LogP) is 5.61. The number of fused-ring (bicyclic) bond motifs is 2. The number of likely N-dealkylation sites (tertiary alicyclic amines) is 1. The molecule has 1 unspecified atom stereocenters. The molecule has 2 N–H and O–H groups in total. The van der Waals surface area contributed by atoms with Gasteiger partial charge in [0.25, 0.3) is 0 Å². The van der Waals surface area contributed by atoms with E-state index >= 15 is 0 Å². The van der Waals surface area contributed by atoms with Crippen molar-refractivity contribution < 1.29 is 26.7 Å². The summed E-state index contributed by atoms with van der Waals surface area (Å²) in [5, 5.41) is 17.7. The lowest BCUT2D eigenvalue weighted by molar-refractivity contribution is -0.137. The van der Waals surface area contributed by atoms with Crippen molar-refractivity contribution >= 4 is 32.5 Å². The largest absolute Gasteiger partial charge is 0.416 e. The van der Waals surface area contributed by atoms with Crippen molar-refractivity contribution in [1.82, 2.24) is 24.0 Å². The van der Waals surface area contributed by atoms with Gasteiger partial charge in [-0.2, -0.15) is 22.6 Å². The van der Waals surface area contributed by atoms with Gasteiger partial charge in [0.15, 0.2) is 0 Å². The number of nitrogens with one attached hydrogen (secondary N) is 1. The van der Waals surface area contributed by atoms with Crippen molar-refractivity contribution in [2.45, 2.75) is 57.1 Å². The first kappa shape index (κ1) is 30.1. The molecule has 0 spiro atoms. The fourth-order valence-corrected chi connectivity index (χ4v) is 7.33. The van der Waals surface area contributed by atoms with Crippen LogP contribution in [0.2, 0.25) is 5.02 Å². The Morgan fingerprint density at radius 1 is 1.12 bits per heavy atom. The maximum atomic E-state index is 13.2. The molecule has 43 heavy (non-hydrogen) atoms. The van der Waals surface area contributed by atoms with Gasteiger partial charge >= 0.3 is 6.18 Å². The number of rotatable bonds is 7. The van der Waals surface area contributed by atoms with E-state index in [0.29, 0.717) is 53.7 Å². The van der Waals surface area contributed by atoms with Crippen molar-refractivity contribution in [3.63, 3.8) is 0 Å². The third-order valence-electron chi connectivity index (χ3n) is 8.72. The number of halogens is 4. The summed E-state index contributed by atoms with van der Waals surface area (Å²) in [5.74, 6) is 0.376. The summed E-state index contributed by atoms with van der Waals surface area (Å²) in [6.45, 7) is 2.26. The molecule has 2 aliphatic rings. The van der Waals surface area contributed by atoms with Gasteiger partial charge in [-0.3, -0.25) is 9.58 Å². The molecule has 1 atom stereocenters. The third kappa shape index (κ3) is 6.21. The second kappa shape index (κ2) is 11.6. The Kier molecular flexibility index (Phi) is 8.10. The van der Waals surface area contributed by atoms with Crippen molar-refractivity contribution in [2.75, 3.05) is 25.9 Å². The van der Waals surface area contributed by atoms with Crippen LogP contribution in [-0.2, 0) is 35.7 Å². The van der Waals surface area contributed by atoms with Gasteiger partial charge in [0, 0.05) is 84.5 Å². The summed E-state index contributed by atoms with van der Waals surface area (Å²) in [6.07, 6.45) is 0.699. The van der Waals surface area contributed by atoms with Crippen LogP contribution in [0.15, 0.2) is 48.7 Å². The number of hydrogen-bond donors (Lipinski definition) is 2. The van der Waals surface area contributed by atoms with Crippen LogP contribution in [0.5, 0.6) is 0 Å². The number of alkyl halides is 3. The highest BCUT2D eigenvalue weighted by Gasteiger charge is 2.33. The fourth-order valence-electron chi connectivity index (χ4n) is 6.37. The molecule has 2 aromatic heterocycles. The van der Waals surface area contributed by atoms with Crippen LogP contribution in [0.3, 0.4) is 0 Å². The maximum Gasteiger partial charge on any atom is 0.416 e. The second-order valence-electron chi connectivity index (χ2n) is 11.4. The Balaban J connectivity index is 1.16. The first-order chi connectivity index (χ1) is 20.4. The van der Waals surface area contributed by atoms with Gasteiger partial charge in [0.05, 0.1) is 17.5 Å². The number of benzene rings is 2. The van der Waals surface area contributed by atoms with Gasteiger partial charge < -0.3 is 10.1 Å². The highest BCUT2D eigenvalue weighted by atomic mass is 35.5. The monoisotopic (exact) mass is 635 g/mol. The highest BCUT2D eigenvalue weighted by molar-refractivity contribution is 7.88. The van der Waals surface area contributed by atoms with Gasteiger partial charge in [-0.25, -0.2) is 8.42 Å². The molecule has 2 aliphatic heterocycles. The maximum absolute atomic E-state index is 13.2. The smallest absolute Gasteiger partial charge is 0.378 e. The molecule has 0 radical (unpaired) electrons. The van der Waals surface area contributed by atoms with Crippen LogP contribution in [0.4, 0.5) is 13.2 Å². The van der Waals surface area contributed by atoms with Gasteiger partial charge in [-0.15, -0.1) is 0 Å². The van der Waals surface area contributed by atoms with Crippen LogP contribution in [0.25, 0.3) is 22.2 Å². The Labute approximate surface area is 253 Å². The summed E-state index contributed by atoms with van der Waals surface area (Å²) in [6, 6.07) is 10.6. The number of H-pyrrole nitrogens is 1. The number of sulfonamides is 1. The van der Waals surface area contributed by atoms with E-state index in [1.165, 1.54) is 27.4 Å². The zero-order valence-corrected chi connectivity index (χ0v) is 25.2. The molecular formula is C30H33ClF3N5O3S. The Morgan fingerprint density at radius 2 is 1.84 bits per heavy atom.